The molecule has 0 unspecified atom stereocenters. The van der Waals surface area contributed by atoms with E-state index < -0.39 is 0 Å². The molecule has 0 aliphatic carbocycles. The van der Waals surface area contributed by atoms with E-state index in [1.54, 1.807) is 11.3 Å². The van der Waals surface area contributed by atoms with Crippen molar-refractivity contribution in [1.82, 2.24) is 0 Å². The Morgan fingerprint density at radius 3 is 2.17 bits per heavy atom. The van der Waals surface area contributed by atoms with Crippen molar-refractivity contribution in [2.24, 2.45) is 0 Å². The molecule has 0 aliphatic heterocycles. The predicted molar refractivity (Wildman–Crippen MR) is 79.3 cm³/mol. The lowest BCUT2D eigenvalue weighted by atomic mass is 10.1. The van der Waals surface area contributed by atoms with Gasteiger partial charge in [-0.2, -0.15) is 0 Å². The molecule has 0 radical (unpaired) electrons. The second-order valence-corrected chi connectivity index (χ2v) is 6.65. The molecular formula is C15H19NOS. The fourth-order valence-corrected chi connectivity index (χ4v) is 2.66. The third-order valence-electron chi connectivity index (χ3n) is 2.53. The van der Waals surface area contributed by atoms with Crippen molar-refractivity contribution in [3.63, 3.8) is 0 Å². The second-order valence-electron chi connectivity index (χ2n) is 5.36. The molecule has 0 spiro atoms. The number of nitrogens with two attached hydrogens (primary N) is 1. The van der Waals surface area contributed by atoms with Crippen LogP contribution in [0.25, 0.3) is 11.1 Å². The lowest BCUT2D eigenvalue weighted by molar-refractivity contribution is 0.131. The Morgan fingerprint density at radius 2 is 1.72 bits per heavy atom. The van der Waals surface area contributed by atoms with E-state index in [-0.39, 0.29) is 5.60 Å². The van der Waals surface area contributed by atoms with Crippen LogP contribution in [0, 0.1) is 6.92 Å². The van der Waals surface area contributed by atoms with E-state index in [2.05, 4.69) is 19.1 Å². The standard InChI is InChI=1S/C15H19NOS/c1-10-13(9-14(16)18-10)11-5-7-12(8-6-11)17-15(2,3)4/h5-9H,16H2,1-4H3. The molecule has 0 bridgehead atoms. The molecule has 3 heteroatoms. The van der Waals surface area contributed by atoms with Crippen LogP contribution in [0.15, 0.2) is 30.3 Å². The van der Waals surface area contributed by atoms with E-state index in [0.717, 1.165) is 10.8 Å². The van der Waals surface area contributed by atoms with E-state index in [9.17, 15) is 0 Å². The van der Waals surface area contributed by atoms with E-state index in [1.807, 2.05) is 39.0 Å². The molecule has 18 heavy (non-hydrogen) atoms. The van der Waals surface area contributed by atoms with Crippen LogP contribution in [0.2, 0.25) is 0 Å². The molecule has 2 aromatic rings. The van der Waals surface area contributed by atoms with Crippen LogP contribution in [0.1, 0.15) is 25.6 Å². The van der Waals surface area contributed by atoms with E-state index in [0.29, 0.717) is 0 Å². The van der Waals surface area contributed by atoms with Crippen molar-refractivity contribution in [1.29, 1.82) is 0 Å². The average Bonchev–Trinajstić information content (AvgIpc) is 2.57. The minimum Gasteiger partial charge on any atom is -0.488 e. The summed E-state index contributed by atoms with van der Waals surface area (Å²) in [5.74, 6) is 0.895. The summed E-state index contributed by atoms with van der Waals surface area (Å²) in [6, 6.07) is 10.2. The average molecular weight is 261 g/mol. The van der Waals surface area contributed by atoms with Gasteiger partial charge in [-0.1, -0.05) is 12.1 Å². The lowest BCUT2D eigenvalue weighted by Gasteiger charge is -2.21. The number of hydrogen-bond donors (Lipinski definition) is 1. The Bertz CT molecular complexity index is 535. The van der Waals surface area contributed by atoms with Gasteiger partial charge < -0.3 is 10.5 Å². The van der Waals surface area contributed by atoms with Crippen LogP contribution in [0.5, 0.6) is 5.75 Å². The highest BCUT2D eigenvalue weighted by Crippen LogP contribution is 2.33. The van der Waals surface area contributed by atoms with Crippen LogP contribution in [-0.4, -0.2) is 5.60 Å². The normalized spacial score (nSPS) is 11.6. The molecule has 2 rings (SSSR count). The molecule has 1 aromatic carbocycles. The Hall–Kier alpha value is -1.48. The van der Waals surface area contributed by atoms with Crippen molar-refractivity contribution >= 4 is 16.3 Å². The smallest absolute Gasteiger partial charge is 0.120 e. The van der Waals surface area contributed by atoms with Crippen molar-refractivity contribution in [3.05, 3.63) is 35.2 Å². The number of rotatable bonds is 2. The van der Waals surface area contributed by atoms with Gasteiger partial charge in [0.05, 0.1) is 5.00 Å². The van der Waals surface area contributed by atoms with Crippen LogP contribution in [0.3, 0.4) is 0 Å². The zero-order valence-corrected chi connectivity index (χ0v) is 12.1. The maximum Gasteiger partial charge on any atom is 0.120 e. The van der Waals surface area contributed by atoms with Gasteiger partial charge in [-0.15, -0.1) is 11.3 Å². The first kappa shape index (κ1) is 13.0. The molecular weight excluding hydrogens is 242 g/mol. The number of hydrogen-bond acceptors (Lipinski definition) is 3. The summed E-state index contributed by atoms with van der Waals surface area (Å²) >= 11 is 1.62. The lowest BCUT2D eigenvalue weighted by Crippen LogP contribution is -2.22. The molecule has 2 N–H and O–H groups in total. The maximum absolute atomic E-state index is 5.82. The predicted octanol–water partition coefficient (Wildman–Crippen LogP) is 4.48. The van der Waals surface area contributed by atoms with Crippen LogP contribution >= 0.6 is 11.3 Å². The summed E-state index contributed by atoms with van der Waals surface area (Å²) in [7, 11) is 0. The summed E-state index contributed by atoms with van der Waals surface area (Å²) in [6.45, 7) is 8.23. The molecule has 1 heterocycles. The fourth-order valence-electron chi connectivity index (χ4n) is 1.85. The molecule has 2 nitrogen and oxygen atoms in total. The first-order valence-electron chi connectivity index (χ1n) is 6.00. The molecule has 96 valence electrons. The molecule has 0 saturated heterocycles. The third-order valence-corrected chi connectivity index (χ3v) is 3.41. The summed E-state index contributed by atoms with van der Waals surface area (Å²) < 4.78 is 5.81. The highest BCUT2D eigenvalue weighted by molar-refractivity contribution is 7.16. The first-order valence-corrected chi connectivity index (χ1v) is 6.82. The van der Waals surface area contributed by atoms with Crippen LogP contribution in [-0.2, 0) is 0 Å². The van der Waals surface area contributed by atoms with Crippen molar-refractivity contribution in [3.8, 4) is 16.9 Å². The third kappa shape index (κ3) is 3.05. The van der Waals surface area contributed by atoms with Gasteiger partial charge in [0.25, 0.3) is 0 Å². The number of nitrogen functional groups attached to an aromatic ring is 1. The topological polar surface area (TPSA) is 35.2 Å². The zero-order valence-electron chi connectivity index (χ0n) is 11.3. The van der Waals surface area contributed by atoms with Crippen molar-refractivity contribution < 1.29 is 4.74 Å². The molecule has 1 aromatic heterocycles. The van der Waals surface area contributed by atoms with Gasteiger partial charge >= 0.3 is 0 Å². The molecule has 0 atom stereocenters. The van der Waals surface area contributed by atoms with Gasteiger partial charge in [-0.25, -0.2) is 0 Å². The first-order chi connectivity index (χ1) is 8.35. The summed E-state index contributed by atoms with van der Waals surface area (Å²) in [5.41, 5.74) is 8.05. The monoisotopic (exact) mass is 261 g/mol. The molecule has 0 amide bonds. The minimum atomic E-state index is -0.162. The van der Waals surface area contributed by atoms with Crippen molar-refractivity contribution in [2.45, 2.75) is 33.3 Å². The van der Waals surface area contributed by atoms with E-state index in [4.69, 9.17) is 10.5 Å². The zero-order chi connectivity index (χ0) is 13.3. The molecule has 0 aliphatic rings. The van der Waals surface area contributed by atoms with E-state index in [1.165, 1.54) is 16.0 Å². The Balaban J connectivity index is 2.25. The van der Waals surface area contributed by atoms with E-state index >= 15 is 0 Å². The Labute approximate surface area is 112 Å². The number of benzene rings is 1. The number of anilines is 1. The SMILES string of the molecule is Cc1sc(N)cc1-c1ccc(OC(C)(C)C)cc1. The fraction of sp³-hybridized carbons (Fsp3) is 0.333. The van der Waals surface area contributed by atoms with Gasteiger partial charge in [-0.3, -0.25) is 0 Å². The van der Waals surface area contributed by atoms with Gasteiger partial charge in [0.15, 0.2) is 0 Å². The summed E-state index contributed by atoms with van der Waals surface area (Å²) in [5, 5.41) is 0.859. The number of ether oxygens (including phenoxy) is 1. The van der Waals surface area contributed by atoms with Crippen LogP contribution in [0.4, 0.5) is 5.00 Å². The van der Waals surface area contributed by atoms with Crippen LogP contribution < -0.4 is 10.5 Å². The summed E-state index contributed by atoms with van der Waals surface area (Å²) in [6.07, 6.45) is 0. The van der Waals surface area contributed by atoms with Gasteiger partial charge in [-0.05, 0) is 57.0 Å². The van der Waals surface area contributed by atoms with Gasteiger partial charge in [0, 0.05) is 4.88 Å². The quantitative estimate of drug-likeness (QED) is 0.865. The van der Waals surface area contributed by atoms with Crippen molar-refractivity contribution in [2.75, 3.05) is 5.73 Å². The minimum absolute atomic E-state index is 0.162. The second kappa shape index (κ2) is 4.65. The Kier molecular flexibility index (Phi) is 3.35. The number of thiophene rings is 1. The maximum atomic E-state index is 5.82. The molecule has 0 fully saturated rings. The molecule has 0 saturated carbocycles. The largest absolute Gasteiger partial charge is 0.488 e. The van der Waals surface area contributed by atoms with Gasteiger partial charge in [0.2, 0.25) is 0 Å². The highest BCUT2D eigenvalue weighted by atomic mass is 32.1. The highest BCUT2D eigenvalue weighted by Gasteiger charge is 2.12. The number of aryl methyl sites for hydroxylation is 1. The summed E-state index contributed by atoms with van der Waals surface area (Å²) in [4.78, 5) is 1.25. The van der Waals surface area contributed by atoms with Gasteiger partial charge in [0.1, 0.15) is 11.4 Å². The Morgan fingerprint density at radius 1 is 1.11 bits per heavy atom.